The molecule has 2 aromatic carbocycles. The maximum absolute atomic E-state index is 13.8. The highest BCUT2D eigenvalue weighted by atomic mass is 32.2. The molecule has 38 heavy (non-hydrogen) atoms. The number of hydrogen-bond acceptors (Lipinski definition) is 6. The standard InChI is InChI=1S/C28H39N3O6S/c1-5-21(4)29-28(33)24(6-2)30(16-15-22-11-9-8-10-12-22)27(32)20-31(38(34,35)7-3)23-13-14-25-26(19-23)37-18-17-36-25/h8-14,19,21,24H,5-7,15-18,20H2,1-4H3,(H,29,33)/t21-,24+/m0/s1. The molecular formula is C28H39N3O6S. The van der Waals surface area contributed by atoms with E-state index in [9.17, 15) is 18.0 Å². The van der Waals surface area contributed by atoms with Crippen LogP contribution in [0.15, 0.2) is 48.5 Å². The van der Waals surface area contributed by atoms with E-state index in [2.05, 4.69) is 5.32 Å². The minimum atomic E-state index is -3.82. The van der Waals surface area contributed by atoms with Crippen molar-refractivity contribution in [2.24, 2.45) is 0 Å². The molecule has 208 valence electrons. The molecule has 1 N–H and O–H groups in total. The van der Waals surface area contributed by atoms with Gasteiger partial charge in [0.05, 0.1) is 11.4 Å². The summed E-state index contributed by atoms with van der Waals surface area (Å²) in [6.07, 6.45) is 1.68. The number of anilines is 1. The normalized spacial score (nSPS) is 14.3. The molecule has 0 saturated carbocycles. The minimum absolute atomic E-state index is 0.0442. The first-order chi connectivity index (χ1) is 18.2. The van der Waals surface area contributed by atoms with Gasteiger partial charge in [0, 0.05) is 18.7 Å². The molecule has 0 aliphatic carbocycles. The summed E-state index contributed by atoms with van der Waals surface area (Å²) in [6, 6.07) is 13.8. The van der Waals surface area contributed by atoms with E-state index >= 15 is 0 Å². The van der Waals surface area contributed by atoms with E-state index in [-0.39, 0.29) is 24.2 Å². The van der Waals surface area contributed by atoms with E-state index < -0.39 is 28.5 Å². The first-order valence-corrected chi connectivity index (χ1v) is 14.8. The zero-order valence-corrected chi connectivity index (χ0v) is 23.5. The average molecular weight is 546 g/mol. The van der Waals surface area contributed by atoms with Crippen molar-refractivity contribution >= 4 is 27.5 Å². The Labute approximate surface area is 226 Å². The van der Waals surface area contributed by atoms with Crippen molar-refractivity contribution in [3.63, 3.8) is 0 Å². The number of hydrogen-bond donors (Lipinski definition) is 1. The summed E-state index contributed by atoms with van der Waals surface area (Å²) in [5.41, 5.74) is 1.33. The average Bonchev–Trinajstić information content (AvgIpc) is 2.93. The van der Waals surface area contributed by atoms with Crippen LogP contribution in [-0.2, 0) is 26.0 Å². The number of amides is 2. The SMILES string of the molecule is CC[C@H](C(=O)N[C@@H](C)CC)N(CCc1ccccc1)C(=O)CN(c1ccc2c(c1)OCCO2)S(=O)(=O)CC. The second-order valence-corrected chi connectivity index (χ2v) is 11.5. The molecule has 0 aromatic heterocycles. The van der Waals surface area contributed by atoms with Gasteiger partial charge in [-0.15, -0.1) is 0 Å². The van der Waals surface area contributed by atoms with Crippen LogP contribution in [0.1, 0.15) is 46.1 Å². The lowest BCUT2D eigenvalue weighted by Gasteiger charge is -2.33. The molecule has 1 aliphatic rings. The summed E-state index contributed by atoms with van der Waals surface area (Å²) in [5.74, 6) is 0.0754. The van der Waals surface area contributed by atoms with Crippen molar-refractivity contribution < 1.29 is 27.5 Å². The van der Waals surface area contributed by atoms with Gasteiger partial charge in [0.1, 0.15) is 25.8 Å². The molecule has 10 heteroatoms. The van der Waals surface area contributed by atoms with E-state index in [0.29, 0.717) is 43.2 Å². The Kier molecular flexibility index (Phi) is 10.4. The summed E-state index contributed by atoms with van der Waals surface area (Å²) in [7, 11) is -3.82. The van der Waals surface area contributed by atoms with Crippen LogP contribution >= 0.6 is 0 Å². The molecular weight excluding hydrogens is 506 g/mol. The molecule has 0 saturated heterocycles. The summed E-state index contributed by atoms with van der Waals surface area (Å²) < 4.78 is 38.6. The topological polar surface area (TPSA) is 105 Å². The van der Waals surface area contributed by atoms with Gasteiger partial charge in [0.25, 0.3) is 0 Å². The molecule has 1 aliphatic heterocycles. The highest BCUT2D eigenvalue weighted by Gasteiger charge is 2.33. The monoisotopic (exact) mass is 545 g/mol. The number of benzene rings is 2. The third kappa shape index (κ3) is 7.40. The number of fused-ring (bicyclic) bond motifs is 1. The molecule has 3 rings (SSSR count). The Hall–Kier alpha value is -3.27. The third-order valence-electron chi connectivity index (χ3n) is 6.66. The number of carbonyl (C=O) groups excluding carboxylic acids is 2. The van der Waals surface area contributed by atoms with Crippen molar-refractivity contribution in [1.29, 1.82) is 0 Å². The summed E-state index contributed by atoms with van der Waals surface area (Å²) in [4.78, 5) is 28.6. The van der Waals surface area contributed by atoms with Gasteiger partial charge < -0.3 is 19.7 Å². The van der Waals surface area contributed by atoms with Gasteiger partial charge in [-0.25, -0.2) is 8.42 Å². The maximum atomic E-state index is 13.8. The number of sulfonamides is 1. The number of nitrogens with zero attached hydrogens (tertiary/aromatic N) is 2. The van der Waals surface area contributed by atoms with Crippen LogP contribution in [0.4, 0.5) is 5.69 Å². The van der Waals surface area contributed by atoms with Gasteiger partial charge in [-0.05, 0) is 50.8 Å². The first-order valence-electron chi connectivity index (χ1n) is 13.2. The van der Waals surface area contributed by atoms with Gasteiger partial charge in [-0.2, -0.15) is 0 Å². The fraction of sp³-hybridized carbons (Fsp3) is 0.500. The van der Waals surface area contributed by atoms with Crippen molar-refractivity contribution in [2.45, 2.75) is 59.0 Å². The summed E-state index contributed by atoms with van der Waals surface area (Å²) >= 11 is 0. The quantitative estimate of drug-likeness (QED) is 0.414. The Morgan fingerprint density at radius 2 is 1.66 bits per heavy atom. The predicted octanol–water partition coefficient (Wildman–Crippen LogP) is 3.38. The highest BCUT2D eigenvalue weighted by Crippen LogP contribution is 2.35. The zero-order valence-electron chi connectivity index (χ0n) is 22.7. The maximum Gasteiger partial charge on any atom is 0.244 e. The molecule has 9 nitrogen and oxygen atoms in total. The number of nitrogens with one attached hydrogen (secondary N) is 1. The smallest absolute Gasteiger partial charge is 0.244 e. The van der Waals surface area contributed by atoms with Crippen LogP contribution in [0.3, 0.4) is 0 Å². The Morgan fingerprint density at radius 1 is 0.974 bits per heavy atom. The van der Waals surface area contributed by atoms with Gasteiger partial charge in [-0.3, -0.25) is 13.9 Å². The summed E-state index contributed by atoms with van der Waals surface area (Å²) in [5, 5.41) is 2.98. The van der Waals surface area contributed by atoms with E-state index in [1.807, 2.05) is 51.1 Å². The number of rotatable bonds is 13. The minimum Gasteiger partial charge on any atom is -0.486 e. The Morgan fingerprint density at radius 3 is 2.29 bits per heavy atom. The lowest BCUT2D eigenvalue weighted by molar-refractivity contribution is -0.139. The lowest BCUT2D eigenvalue weighted by Crippen LogP contribution is -2.54. The highest BCUT2D eigenvalue weighted by molar-refractivity contribution is 7.92. The molecule has 2 amide bonds. The van der Waals surface area contributed by atoms with E-state index in [1.165, 1.54) is 11.8 Å². The van der Waals surface area contributed by atoms with Gasteiger partial charge in [-0.1, -0.05) is 44.2 Å². The first kappa shape index (κ1) is 29.3. The van der Waals surface area contributed by atoms with Crippen LogP contribution in [0.25, 0.3) is 0 Å². The molecule has 2 atom stereocenters. The fourth-order valence-corrected chi connectivity index (χ4v) is 5.30. The van der Waals surface area contributed by atoms with Gasteiger partial charge >= 0.3 is 0 Å². The van der Waals surface area contributed by atoms with Crippen LogP contribution in [-0.4, -0.2) is 69.3 Å². The molecule has 0 bridgehead atoms. The van der Waals surface area contributed by atoms with Crippen molar-refractivity contribution in [3.8, 4) is 11.5 Å². The fourth-order valence-electron chi connectivity index (χ4n) is 4.24. The van der Waals surface area contributed by atoms with Crippen LogP contribution in [0, 0.1) is 0 Å². The van der Waals surface area contributed by atoms with Crippen molar-refractivity contribution in [3.05, 3.63) is 54.1 Å². The van der Waals surface area contributed by atoms with Crippen molar-refractivity contribution in [2.75, 3.05) is 36.4 Å². The summed E-state index contributed by atoms with van der Waals surface area (Å²) in [6.45, 7) is 7.89. The van der Waals surface area contributed by atoms with E-state index in [0.717, 1.165) is 16.3 Å². The van der Waals surface area contributed by atoms with Crippen LogP contribution in [0.2, 0.25) is 0 Å². The van der Waals surface area contributed by atoms with E-state index in [4.69, 9.17) is 9.47 Å². The molecule has 0 unspecified atom stereocenters. The van der Waals surface area contributed by atoms with Gasteiger partial charge in [0.15, 0.2) is 11.5 Å². The molecule has 0 spiro atoms. The van der Waals surface area contributed by atoms with Crippen molar-refractivity contribution in [1.82, 2.24) is 10.2 Å². The molecule has 1 heterocycles. The second-order valence-electron chi connectivity index (χ2n) is 9.30. The number of ether oxygens (including phenoxy) is 2. The molecule has 0 fully saturated rings. The third-order valence-corrected chi connectivity index (χ3v) is 8.41. The van der Waals surface area contributed by atoms with Crippen LogP contribution in [0.5, 0.6) is 11.5 Å². The van der Waals surface area contributed by atoms with Crippen LogP contribution < -0.4 is 19.1 Å². The largest absolute Gasteiger partial charge is 0.486 e. The Balaban J connectivity index is 1.92. The predicted molar refractivity (Wildman–Crippen MR) is 148 cm³/mol. The number of carbonyl (C=O) groups is 2. The Bertz CT molecular complexity index is 1190. The zero-order chi connectivity index (χ0) is 27.7. The lowest BCUT2D eigenvalue weighted by atomic mass is 10.1. The van der Waals surface area contributed by atoms with E-state index in [1.54, 1.807) is 18.2 Å². The molecule has 0 radical (unpaired) electrons. The molecule has 2 aromatic rings. The second kappa shape index (κ2) is 13.5. The van der Waals surface area contributed by atoms with Gasteiger partial charge in [0.2, 0.25) is 21.8 Å².